The molecule has 1 amide bonds. The van der Waals surface area contributed by atoms with Gasteiger partial charge in [-0.2, -0.15) is 0 Å². The summed E-state index contributed by atoms with van der Waals surface area (Å²) in [5.41, 5.74) is 5.74. The second kappa shape index (κ2) is 6.72. The normalized spacial score (nSPS) is 22.7. The SMILES string of the molecule is CC(C)(C)C(CCN)CCC(=O)NC1C=CS(=O)(=O)C1. The molecule has 2 unspecified atom stereocenters. The number of hydrogen-bond donors (Lipinski definition) is 2. The van der Waals surface area contributed by atoms with E-state index in [9.17, 15) is 13.2 Å². The zero-order valence-corrected chi connectivity index (χ0v) is 13.4. The molecule has 0 fully saturated rings. The summed E-state index contributed by atoms with van der Waals surface area (Å²) in [6.45, 7) is 7.07. The number of nitrogens with two attached hydrogens (primary N) is 1. The average Bonchev–Trinajstić information content (AvgIpc) is 2.62. The van der Waals surface area contributed by atoms with Crippen LogP contribution in [0.2, 0.25) is 0 Å². The van der Waals surface area contributed by atoms with Crippen LogP contribution in [0.1, 0.15) is 40.0 Å². The summed E-state index contributed by atoms with van der Waals surface area (Å²) in [5.74, 6) is 0.272. The summed E-state index contributed by atoms with van der Waals surface area (Å²) in [5, 5.41) is 3.92. The number of nitrogens with one attached hydrogen (secondary N) is 1. The Kier molecular flexibility index (Phi) is 5.77. The zero-order valence-electron chi connectivity index (χ0n) is 12.6. The summed E-state index contributed by atoms with van der Waals surface area (Å²) in [6.07, 6.45) is 3.62. The highest BCUT2D eigenvalue weighted by Crippen LogP contribution is 2.32. The van der Waals surface area contributed by atoms with E-state index in [-0.39, 0.29) is 23.1 Å². The van der Waals surface area contributed by atoms with Gasteiger partial charge in [-0.15, -0.1) is 0 Å². The summed E-state index contributed by atoms with van der Waals surface area (Å²) < 4.78 is 22.5. The molecule has 0 saturated heterocycles. The van der Waals surface area contributed by atoms with Crippen LogP contribution < -0.4 is 11.1 Å². The molecule has 1 aliphatic heterocycles. The molecule has 0 aromatic carbocycles. The molecule has 3 N–H and O–H groups in total. The van der Waals surface area contributed by atoms with E-state index >= 15 is 0 Å². The molecule has 0 saturated carbocycles. The topological polar surface area (TPSA) is 89.3 Å². The fourth-order valence-electron chi connectivity index (χ4n) is 2.46. The highest BCUT2D eigenvalue weighted by Gasteiger charge is 2.26. The molecule has 0 spiro atoms. The van der Waals surface area contributed by atoms with Crippen molar-refractivity contribution < 1.29 is 13.2 Å². The molecule has 116 valence electrons. The molecule has 6 heteroatoms. The van der Waals surface area contributed by atoms with Gasteiger partial charge < -0.3 is 11.1 Å². The highest BCUT2D eigenvalue weighted by atomic mass is 32.2. The van der Waals surface area contributed by atoms with Gasteiger partial charge in [0, 0.05) is 11.8 Å². The second-order valence-corrected chi connectivity index (χ2v) is 8.44. The van der Waals surface area contributed by atoms with Crippen molar-refractivity contribution >= 4 is 15.7 Å². The maximum atomic E-state index is 11.9. The van der Waals surface area contributed by atoms with Crippen molar-refractivity contribution in [2.75, 3.05) is 12.3 Å². The van der Waals surface area contributed by atoms with Crippen LogP contribution in [0.4, 0.5) is 0 Å². The minimum absolute atomic E-state index is 0.0236. The monoisotopic (exact) mass is 302 g/mol. The van der Waals surface area contributed by atoms with Crippen LogP contribution >= 0.6 is 0 Å². The standard InChI is InChI=1S/C14H26N2O3S/c1-14(2,3)11(6-8-15)4-5-13(17)16-12-7-9-20(18,19)10-12/h7,9,11-12H,4-6,8,10,15H2,1-3H3,(H,16,17). The lowest BCUT2D eigenvalue weighted by Gasteiger charge is -2.30. The molecule has 0 aromatic heterocycles. The first-order valence-electron chi connectivity index (χ1n) is 7.04. The number of rotatable bonds is 6. The first kappa shape index (κ1) is 17.2. The third kappa shape index (κ3) is 5.63. The number of amides is 1. The van der Waals surface area contributed by atoms with Gasteiger partial charge in [-0.3, -0.25) is 4.79 Å². The lowest BCUT2D eigenvalue weighted by Crippen LogP contribution is -2.36. The van der Waals surface area contributed by atoms with Crippen molar-refractivity contribution in [1.82, 2.24) is 5.32 Å². The van der Waals surface area contributed by atoms with E-state index < -0.39 is 9.84 Å². The third-order valence-corrected chi connectivity index (χ3v) is 5.13. The molecular weight excluding hydrogens is 276 g/mol. The zero-order chi connectivity index (χ0) is 15.4. The fourth-order valence-corrected chi connectivity index (χ4v) is 3.70. The molecule has 20 heavy (non-hydrogen) atoms. The molecule has 1 rings (SSSR count). The lowest BCUT2D eigenvalue weighted by atomic mass is 9.76. The van der Waals surface area contributed by atoms with Gasteiger partial charge in [0.25, 0.3) is 0 Å². The molecule has 5 nitrogen and oxygen atoms in total. The first-order valence-corrected chi connectivity index (χ1v) is 8.76. The number of carbonyl (C=O) groups excluding carboxylic acids is 1. The Bertz CT molecular complexity index is 463. The van der Waals surface area contributed by atoms with Gasteiger partial charge in [0.15, 0.2) is 9.84 Å². The Labute approximate surface area is 121 Å². The lowest BCUT2D eigenvalue weighted by molar-refractivity contribution is -0.121. The minimum Gasteiger partial charge on any atom is -0.349 e. The summed E-state index contributed by atoms with van der Waals surface area (Å²) in [4.78, 5) is 11.9. The van der Waals surface area contributed by atoms with Gasteiger partial charge in [-0.1, -0.05) is 20.8 Å². The van der Waals surface area contributed by atoms with Crippen LogP contribution in [0.15, 0.2) is 11.5 Å². The fraction of sp³-hybridized carbons (Fsp3) is 0.786. The van der Waals surface area contributed by atoms with Crippen molar-refractivity contribution in [1.29, 1.82) is 0 Å². The molecule has 0 radical (unpaired) electrons. The highest BCUT2D eigenvalue weighted by molar-refractivity contribution is 7.94. The Morgan fingerprint density at radius 3 is 2.50 bits per heavy atom. The Balaban J connectivity index is 2.41. The Morgan fingerprint density at radius 2 is 2.05 bits per heavy atom. The first-order chi connectivity index (χ1) is 9.14. The second-order valence-electron chi connectivity index (χ2n) is 6.51. The average molecular weight is 302 g/mol. The third-order valence-electron chi connectivity index (χ3n) is 3.74. The summed E-state index contributed by atoms with van der Waals surface area (Å²) >= 11 is 0. The van der Waals surface area contributed by atoms with Crippen molar-refractivity contribution in [3.8, 4) is 0 Å². The molecular formula is C14H26N2O3S. The van der Waals surface area contributed by atoms with E-state index in [1.54, 1.807) is 0 Å². The van der Waals surface area contributed by atoms with E-state index in [1.807, 2.05) is 0 Å². The van der Waals surface area contributed by atoms with Gasteiger partial charge in [-0.05, 0) is 36.8 Å². The molecule has 0 aliphatic carbocycles. The van der Waals surface area contributed by atoms with E-state index in [0.717, 1.165) is 12.8 Å². The predicted molar refractivity (Wildman–Crippen MR) is 80.7 cm³/mol. The maximum Gasteiger partial charge on any atom is 0.220 e. The van der Waals surface area contributed by atoms with Gasteiger partial charge in [-0.25, -0.2) is 8.42 Å². The van der Waals surface area contributed by atoms with Crippen LogP contribution in [0.25, 0.3) is 0 Å². The molecule has 1 aliphatic rings. The minimum atomic E-state index is -3.12. The maximum absolute atomic E-state index is 11.9. The molecule has 2 atom stereocenters. The molecule has 0 aromatic rings. The van der Waals surface area contributed by atoms with E-state index in [2.05, 4.69) is 26.1 Å². The van der Waals surface area contributed by atoms with Crippen LogP contribution in [0, 0.1) is 11.3 Å². The summed E-state index contributed by atoms with van der Waals surface area (Å²) in [7, 11) is -3.12. The largest absolute Gasteiger partial charge is 0.349 e. The van der Waals surface area contributed by atoms with Crippen molar-refractivity contribution in [3.63, 3.8) is 0 Å². The van der Waals surface area contributed by atoms with Gasteiger partial charge in [0.05, 0.1) is 11.8 Å². The molecule has 0 bridgehead atoms. The smallest absolute Gasteiger partial charge is 0.220 e. The number of carbonyl (C=O) groups is 1. The van der Waals surface area contributed by atoms with Gasteiger partial charge in [0.1, 0.15) is 0 Å². The van der Waals surface area contributed by atoms with Gasteiger partial charge in [0.2, 0.25) is 5.91 Å². The molecule has 1 heterocycles. The number of sulfone groups is 1. The van der Waals surface area contributed by atoms with Crippen molar-refractivity contribution in [3.05, 3.63) is 11.5 Å². The van der Waals surface area contributed by atoms with E-state index in [0.29, 0.717) is 18.9 Å². The van der Waals surface area contributed by atoms with Crippen molar-refractivity contribution in [2.24, 2.45) is 17.1 Å². The van der Waals surface area contributed by atoms with Crippen molar-refractivity contribution in [2.45, 2.75) is 46.1 Å². The Morgan fingerprint density at radius 1 is 1.40 bits per heavy atom. The predicted octanol–water partition coefficient (Wildman–Crippen LogP) is 1.20. The van der Waals surface area contributed by atoms with Crippen LogP contribution in [0.3, 0.4) is 0 Å². The summed E-state index contributed by atoms with van der Waals surface area (Å²) in [6, 6.07) is -0.380. The van der Waals surface area contributed by atoms with E-state index in [1.165, 1.54) is 11.5 Å². The van der Waals surface area contributed by atoms with Gasteiger partial charge >= 0.3 is 0 Å². The van der Waals surface area contributed by atoms with E-state index in [4.69, 9.17) is 5.73 Å². The van der Waals surface area contributed by atoms with Crippen LogP contribution in [-0.2, 0) is 14.6 Å². The Hall–Kier alpha value is -0.880. The quantitative estimate of drug-likeness (QED) is 0.771. The van der Waals surface area contributed by atoms with Crippen LogP contribution in [-0.4, -0.2) is 32.7 Å². The van der Waals surface area contributed by atoms with Crippen LogP contribution in [0.5, 0.6) is 0 Å². The number of hydrogen-bond acceptors (Lipinski definition) is 4.